The van der Waals surface area contributed by atoms with Gasteiger partial charge in [-0.2, -0.15) is 0 Å². The molecule has 15 heavy (non-hydrogen) atoms. The van der Waals surface area contributed by atoms with E-state index in [1.807, 2.05) is 22.7 Å². The zero-order valence-corrected chi connectivity index (χ0v) is 10.7. The van der Waals surface area contributed by atoms with Gasteiger partial charge in [-0.1, -0.05) is 0 Å². The first-order valence-electron chi connectivity index (χ1n) is 4.46. The van der Waals surface area contributed by atoms with Crippen LogP contribution in [0.15, 0.2) is 18.3 Å². The molecule has 0 bridgehead atoms. The van der Waals surface area contributed by atoms with Gasteiger partial charge in [0.1, 0.15) is 3.70 Å². The first-order chi connectivity index (χ1) is 7.27. The van der Waals surface area contributed by atoms with Crippen molar-refractivity contribution in [3.05, 3.63) is 27.7 Å². The fourth-order valence-electron chi connectivity index (χ4n) is 1.45. The molecular weight excluding hydrogens is 307 g/mol. The van der Waals surface area contributed by atoms with E-state index in [-0.39, 0.29) is 0 Å². The molecule has 0 fully saturated rings. The van der Waals surface area contributed by atoms with Crippen LogP contribution in [-0.4, -0.2) is 23.6 Å². The quantitative estimate of drug-likeness (QED) is 0.813. The van der Waals surface area contributed by atoms with E-state index in [4.69, 9.17) is 9.47 Å². The number of nitrogens with zero attached hydrogens (tertiary/aromatic N) is 2. The van der Waals surface area contributed by atoms with Crippen LogP contribution >= 0.6 is 22.6 Å². The molecule has 2 heterocycles. The Morgan fingerprint density at radius 3 is 2.93 bits per heavy atom. The van der Waals surface area contributed by atoms with E-state index < -0.39 is 0 Å². The highest BCUT2D eigenvalue weighted by Crippen LogP contribution is 2.23. The minimum atomic E-state index is 0.517. The van der Waals surface area contributed by atoms with Crippen molar-refractivity contribution in [2.45, 2.75) is 6.61 Å². The molecule has 80 valence electrons. The Balaban J connectivity index is 2.64. The largest absolute Gasteiger partial charge is 0.493 e. The van der Waals surface area contributed by atoms with Gasteiger partial charge in [0.05, 0.1) is 19.4 Å². The van der Waals surface area contributed by atoms with Gasteiger partial charge in [0, 0.05) is 13.3 Å². The summed E-state index contributed by atoms with van der Waals surface area (Å²) in [6.45, 7) is 0.517. The summed E-state index contributed by atoms with van der Waals surface area (Å²) in [5.41, 5.74) is 1.76. The van der Waals surface area contributed by atoms with E-state index >= 15 is 0 Å². The third-order valence-corrected chi connectivity index (χ3v) is 3.27. The zero-order valence-electron chi connectivity index (χ0n) is 8.53. The molecule has 2 aromatic heterocycles. The minimum absolute atomic E-state index is 0.517. The molecule has 0 unspecified atom stereocenters. The monoisotopic (exact) mass is 318 g/mol. The van der Waals surface area contributed by atoms with Crippen molar-refractivity contribution in [3.8, 4) is 5.75 Å². The third-order valence-electron chi connectivity index (χ3n) is 2.12. The van der Waals surface area contributed by atoms with Gasteiger partial charge in [-0.05, 0) is 34.7 Å². The van der Waals surface area contributed by atoms with E-state index in [2.05, 4.69) is 27.6 Å². The number of hydrogen-bond acceptors (Lipinski definition) is 3. The van der Waals surface area contributed by atoms with Crippen molar-refractivity contribution < 1.29 is 9.47 Å². The number of fused-ring (bicyclic) bond motifs is 1. The molecule has 2 aromatic rings. The van der Waals surface area contributed by atoms with E-state index in [0.717, 1.165) is 20.8 Å². The van der Waals surface area contributed by atoms with Crippen molar-refractivity contribution in [2.24, 2.45) is 0 Å². The topological polar surface area (TPSA) is 35.8 Å². The Morgan fingerprint density at radius 1 is 1.47 bits per heavy atom. The second-order valence-electron chi connectivity index (χ2n) is 3.05. The van der Waals surface area contributed by atoms with Crippen LogP contribution in [0.1, 0.15) is 5.69 Å². The number of rotatable bonds is 3. The highest BCUT2D eigenvalue weighted by Gasteiger charge is 2.11. The maximum absolute atomic E-state index is 5.25. The first-order valence-corrected chi connectivity index (χ1v) is 5.54. The Labute approximate surface area is 101 Å². The van der Waals surface area contributed by atoms with Gasteiger partial charge >= 0.3 is 0 Å². The van der Waals surface area contributed by atoms with Crippen molar-refractivity contribution in [2.75, 3.05) is 14.2 Å². The lowest BCUT2D eigenvalue weighted by Crippen LogP contribution is -1.92. The van der Waals surface area contributed by atoms with Gasteiger partial charge in [0.15, 0.2) is 11.4 Å². The Bertz CT molecular complexity index is 481. The molecule has 0 amide bonds. The third kappa shape index (κ3) is 1.81. The maximum Gasteiger partial charge on any atom is 0.180 e. The van der Waals surface area contributed by atoms with E-state index in [9.17, 15) is 0 Å². The summed E-state index contributed by atoms with van der Waals surface area (Å²) in [5, 5.41) is 0. The van der Waals surface area contributed by atoms with Crippen molar-refractivity contribution in [3.63, 3.8) is 0 Å². The first kappa shape index (κ1) is 10.7. The molecule has 0 aliphatic rings. The van der Waals surface area contributed by atoms with E-state index in [1.165, 1.54) is 0 Å². The zero-order chi connectivity index (χ0) is 10.8. The number of pyridine rings is 1. The van der Waals surface area contributed by atoms with Crippen molar-refractivity contribution >= 4 is 28.2 Å². The standard InChI is InChI=1S/C10H11IN2O2/c1-14-6-7-9(11)13-5-3-4-8(15-2)10(13)12-7/h3-5H,6H2,1-2H3. The fraction of sp³-hybridized carbons (Fsp3) is 0.300. The number of methoxy groups -OCH3 is 2. The van der Waals surface area contributed by atoms with Crippen LogP contribution in [-0.2, 0) is 11.3 Å². The van der Waals surface area contributed by atoms with E-state index in [1.54, 1.807) is 14.2 Å². The Kier molecular flexibility index (Phi) is 3.11. The van der Waals surface area contributed by atoms with Crippen molar-refractivity contribution in [1.82, 2.24) is 9.38 Å². The van der Waals surface area contributed by atoms with Crippen molar-refractivity contribution in [1.29, 1.82) is 0 Å². The lowest BCUT2D eigenvalue weighted by Gasteiger charge is -2.00. The van der Waals surface area contributed by atoms with Crippen LogP contribution in [0.2, 0.25) is 0 Å². The SMILES string of the molecule is COCc1nc2c(OC)cccn2c1I. The van der Waals surface area contributed by atoms with Crippen LogP contribution in [0.25, 0.3) is 5.65 Å². The summed E-state index contributed by atoms with van der Waals surface area (Å²) < 4.78 is 13.4. The Morgan fingerprint density at radius 2 is 2.27 bits per heavy atom. The highest BCUT2D eigenvalue weighted by molar-refractivity contribution is 14.1. The number of hydrogen-bond donors (Lipinski definition) is 0. The van der Waals surface area contributed by atoms with Gasteiger partial charge in [-0.15, -0.1) is 0 Å². The second-order valence-corrected chi connectivity index (χ2v) is 4.07. The van der Waals surface area contributed by atoms with E-state index in [0.29, 0.717) is 6.61 Å². The van der Waals surface area contributed by atoms with Crippen LogP contribution in [0.4, 0.5) is 0 Å². The average molecular weight is 318 g/mol. The molecule has 0 radical (unpaired) electrons. The molecule has 5 heteroatoms. The minimum Gasteiger partial charge on any atom is -0.493 e. The fourth-order valence-corrected chi connectivity index (χ4v) is 2.11. The smallest absolute Gasteiger partial charge is 0.180 e. The molecule has 0 spiro atoms. The maximum atomic E-state index is 5.25. The molecule has 0 aromatic carbocycles. The van der Waals surface area contributed by atoms with Crippen LogP contribution in [0.5, 0.6) is 5.75 Å². The molecule has 0 N–H and O–H groups in total. The van der Waals surface area contributed by atoms with Crippen LogP contribution < -0.4 is 4.74 Å². The molecule has 2 rings (SSSR count). The van der Waals surface area contributed by atoms with Gasteiger partial charge in [-0.25, -0.2) is 4.98 Å². The van der Waals surface area contributed by atoms with Gasteiger partial charge in [0.25, 0.3) is 0 Å². The summed E-state index contributed by atoms with van der Waals surface area (Å²) in [6, 6.07) is 3.83. The summed E-state index contributed by atoms with van der Waals surface area (Å²) in [7, 11) is 3.31. The van der Waals surface area contributed by atoms with Gasteiger partial charge in [0.2, 0.25) is 0 Å². The molecule has 0 saturated carbocycles. The summed E-state index contributed by atoms with van der Waals surface area (Å²) in [6.07, 6.45) is 1.96. The van der Waals surface area contributed by atoms with Gasteiger partial charge in [-0.3, -0.25) is 4.40 Å². The summed E-state index contributed by atoms with van der Waals surface area (Å²) in [5.74, 6) is 0.776. The second kappa shape index (κ2) is 4.36. The molecule has 0 aliphatic carbocycles. The normalized spacial score (nSPS) is 10.9. The predicted octanol–water partition coefficient (Wildman–Crippen LogP) is 2.09. The predicted molar refractivity (Wildman–Crippen MR) is 65.2 cm³/mol. The average Bonchev–Trinajstić information content (AvgIpc) is 2.57. The number of ether oxygens (including phenoxy) is 2. The molecule has 0 saturated heterocycles. The number of halogens is 1. The summed E-state index contributed by atoms with van der Waals surface area (Å²) in [4.78, 5) is 4.48. The number of imidazole rings is 1. The molecule has 0 atom stereocenters. The molecular formula is C10H11IN2O2. The molecule has 4 nitrogen and oxygen atoms in total. The highest BCUT2D eigenvalue weighted by atomic mass is 127. The Hall–Kier alpha value is -0.820. The van der Waals surface area contributed by atoms with Gasteiger partial charge < -0.3 is 9.47 Å². The van der Waals surface area contributed by atoms with Crippen LogP contribution in [0.3, 0.4) is 0 Å². The number of aromatic nitrogens is 2. The summed E-state index contributed by atoms with van der Waals surface area (Å²) >= 11 is 2.26. The lowest BCUT2D eigenvalue weighted by atomic mass is 10.4. The van der Waals surface area contributed by atoms with Crippen LogP contribution in [0, 0.1) is 3.70 Å². The molecule has 0 aliphatic heterocycles. The lowest BCUT2D eigenvalue weighted by molar-refractivity contribution is 0.181.